The fourth-order valence-electron chi connectivity index (χ4n) is 5.60. The lowest BCUT2D eigenvalue weighted by molar-refractivity contribution is -0.148. The van der Waals surface area contributed by atoms with Gasteiger partial charge in [-0.1, -0.05) is 18.2 Å². The van der Waals surface area contributed by atoms with Gasteiger partial charge in [-0.25, -0.2) is 4.39 Å². The SMILES string of the molecule is CCOC(=O)C1CC=C(C2=C(C)OCC(Cc3cc(OCC)c(-c4ccc(F)cc4)c(OCC)c3)CC2)CC1. The van der Waals surface area contributed by atoms with Crippen LogP contribution in [0.4, 0.5) is 4.39 Å². The largest absolute Gasteiger partial charge is 0.498 e. The zero-order valence-electron chi connectivity index (χ0n) is 23.7. The van der Waals surface area contributed by atoms with E-state index in [1.807, 2.05) is 20.8 Å². The van der Waals surface area contributed by atoms with E-state index in [0.717, 1.165) is 72.5 Å². The summed E-state index contributed by atoms with van der Waals surface area (Å²) in [4.78, 5) is 12.1. The molecule has 0 bridgehead atoms. The summed E-state index contributed by atoms with van der Waals surface area (Å²) in [6.07, 6.45) is 7.46. The molecule has 210 valence electrons. The molecule has 0 saturated heterocycles. The number of rotatable bonds is 10. The third-order valence-corrected chi connectivity index (χ3v) is 7.56. The molecule has 2 aliphatic rings. The molecule has 6 heteroatoms. The third kappa shape index (κ3) is 7.23. The van der Waals surface area contributed by atoms with E-state index < -0.39 is 0 Å². The Labute approximate surface area is 232 Å². The van der Waals surface area contributed by atoms with E-state index in [4.69, 9.17) is 18.9 Å². The highest BCUT2D eigenvalue weighted by Gasteiger charge is 2.27. The number of hydrogen-bond donors (Lipinski definition) is 0. The van der Waals surface area contributed by atoms with E-state index in [9.17, 15) is 9.18 Å². The van der Waals surface area contributed by atoms with Crippen LogP contribution in [-0.2, 0) is 20.7 Å². The first-order valence-corrected chi connectivity index (χ1v) is 14.3. The molecule has 0 amide bonds. The number of carbonyl (C=O) groups is 1. The van der Waals surface area contributed by atoms with E-state index >= 15 is 0 Å². The molecule has 2 atom stereocenters. The molecule has 1 heterocycles. The maximum absolute atomic E-state index is 13.6. The number of hydrogen-bond acceptors (Lipinski definition) is 5. The number of esters is 1. The Bertz CT molecular complexity index is 1170. The van der Waals surface area contributed by atoms with Gasteiger partial charge < -0.3 is 18.9 Å². The van der Waals surface area contributed by atoms with Crippen molar-refractivity contribution in [3.63, 3.8) is 0 Å². The molecule has 0 spiro atoms. The molecule has 2 unspecified atom stereocenters. The van der Waals surface area contributed by atoms with Gasteiger partial charge in [-0.3, -0.25) is 4.79 Å². The Balaban J connectivity index is 1.49. The lowest BCUT2D eigenvalue weighted by Gasteiger charge is -2.22. The van der Waals surface area contributed by atoms with Crippen molar-refractivity contribution in [3.8, 4) is 22.6 Å². The van der Waals surface area contributed by atoms with Gasteiger partial charge >= 0.3 is 5.97 Å². The standard InChI is InChI=1S/C33H41FO5/c1-5-36-30-19-24(20-31(37-6-2)32(30)26-13-15-28(34)16-14-26)18-23-8-17-29(22(4)39-21-23)25-9-11-27(12-10-25)33(35)38-7-3/h9,13-16,19-20,23,27H,5-8,10-12,17-18,21H2,1-4H3. The van der Waals surface area contributed by atoms with Crippen molar-refractivity contribution >= 4 is 5.97 Å². The first-order chi connectivity index (χ1) is 18.9. The van der Waals surface area contributed by atoms with Crippen LogP contribution in [0.2, 0.25) is 0 Å². The second-order valence-corrected chi connectivity index (χ2v) is 10.2. The number of carbonyl (C=O) groups excluding carboxylic acids is 1. The quantitative estimate of drug-likeness (QED) is 0.290. The summed E-state index contributed by atoms with van der Waals surface area (Å²) in [5.74, 6) is 2.44. The Morgan fingerprint density at radius 3 is 2.26 bits per heavy atom. The fourth-order valence-corrected chi connectivity index (χ4v) is 5.60. The lowest BCUT2D eigenvalue weighted by atomic mass is 9.83. The molecule has 0 saturated carbocycles. The van der Waals surface area contributed by atoms with Crippen LogP contribution in [-0.4, -0.2) is 32.4 Å². The van der Waals surface area contributed by atoms with Crippen LogP contribution in [0.25, 0.3) is 11.1 Å². The molecule has 0 radical (unpaired) electrons. The minimum atomic E-state index is -0.272. The number of halogens is 1. The summed E-state index contributed by atoms with van der Waals surface area (Å²) in [7, 11) is 0. The first kappa shape index (κ1) is 28.7. The van der Waals surface area contributed by atoms with Crippen LogP contribution < -0.4 is 9.47 Å². The van der Waals surface area contributed by atoms with Gasteiger partial charge in [-0.2, -0.15) is 0 Å². The van der Waals surface area contributed by atoms with Crippen LogP contribution in [0.15, 0.2) is 59.4 Å². The molecule has 2 aromatic rings. The molecule has 4 rings (SSSR count). The van der Waals surface area contributed by atoms with E-state index in [2.05, 4.69) is 25.1 Å². The summed E-state index contributed by atoms with van der Waals surface area (Å²) in [5.41, 5.74) is 5.45. The van der Waals surface area contributed by atoms with Crippen molar-refractivity contribution in [3.05, 3.63) is 70.8 Å². The smallest absolute Gasteiger partial charge is 0.309 e. The molecule has 2 aromatic carbocycles. The van der Waals surface area contributed by atoms with Gasteiger partial charge in [0.05, 0.1) is 43.7 Å². The molecule has 5 nitrogen and oxygen atoms in total. The second kappa shape index (κ2) is 13.7. The predicted octanol–water partition coefficient (Wildman–Crippen LogP) is 7.82. The summed E-state index contributed by atoms with van der Waals surface area (Å²) in [5, 5.41) is 0. The van der Waals surface area contributed by atoms with E-state index in [1.54, 1.807) is 12.1 Å². The van der Waals surface area contributed by atoms with E-state index in [1.165, 1.54) is 23.3 Å². The lowest BCUT2D eigenvalue weighted by Crippen LogP contribution is -2.20. The van der Waals surface area contributed by atoms with Crippen molar-refractivity contribution in [2.45, 2.75) is 66.2 Å². The third-order valence-electron chi connectivity index (χ3n) is 7.56. The van der Waals surface area contributed by atoms with Crippen LogP contribution in [0, 0.1) is 17.7 Å². The number of ether oxygens (including phenoxy) is 4. The average Bonchev–Trinajstić information content (AvgIpc) is 3.11. The minimum absolute atomic E-state index is 0.0361. The van der Waals surface area contributed by atoms with Gasteiger partial charge in [0, 0.05) is 0 Å². The van der Waals surface area contributed by atoms with Gasteiger partial charge in [0.15, 0.2) is 0 Å². The molecule has 1 aliphatic heterocycles. The maximum atomic E-state index is 13.6. The summed E-state index contributed by atoms with van der Waals surface area (Å²) in [6, 6.07) is 10.6. The minimum Gasteiger partial charge on any atom is -0.498 e. The van der Waals surface area contributed by atoms with E-state index in [-0.39, 0.29) is 17.7 Å². The molecule has 0 N–H and O–H groups in total. The summed E-state index contributed by atoms with van der Waals surface area (Å²) in [6.45, 7) is 9.97. The van der Waals surface area contributed by atoms with Crippen LogP contribution >= 0.6 is 0 Å². The van der Waals surface area contributed by atoms with Crippen LogP contribution in [0.1, 0.15) is 65.4 Å². The van der Waals surface area contributed by atoms with Crippen LogP contribution in [0.3, 0.4) is 0 Å². The summed E-state index contributed by atoms with van der Waals surface area (Å²) < 4.78 is 37.2. The first-order valence-electron chi connectivity index (χ1n) is 14.3. The highest BCUT2D eigenvalue weighted by Crippen LogP contribution is 2.41. The maximum Gasteiger partial charge on any atom is 0.309 e. The molecular weight excluding hydrogens is 495 g/mol. The molecular formula is C33H41FO5. The Hall–Kier alpha value is -3.28. The predicted molar refractivity (Wildman–Crippen MR) is 151 cm³/mol. The van der Waals surface area contributed by atoms with Crippen molar-refractivity contribution in [1.29, 1.82) is 0 Å². The molecule has 39 heavy (non-hydrogen) atoms. The van der Waals surface area contributed by atoms with Crippen molar-refractivity contribution < 1.29 is 28.1 Å². The van der Waals surface area contributed by atoms with Crippen molar-refractivity contribution in [1.82, 2.24) is 0 Å². The molecule has 0 fully saturated rings. The van der Waals surface area contributed by atoms with E-state index in [0.29, 0.717) is 32.3 Å². The highest BCUT2D eigenvalue weighted by atomic mass is 19.1. The van der Waals surface area contributed by atoms with Gasteiger partial charge in [-0.15, -0.1) is 0 Å². The highest BCUT2D eigenvalue weighted by molar-refractivity contribution is 5.77. The molecule has 1 aliphatic carbocycles. The number of benzene rings is 2. The normalized spacial score (nSPS) is 19.6. The Kier molecular flexibility index (Phi) is 10.1. The van der Waals surface area contributed by atoms with Gasteiger partial charge in [0.25, 0.3) is 0 Å². The molecule has 0 aromatic heterocycles. The average molecular weight is 537 g/mol. The van der Waals surface area contributed by atoms with Gasteiger partial charge in [0.2, 0.25) is 0 Å². The topological polar surface area (TPSA) is 54.0 Å². The fraction of sp³-hybridized carbons (Fsp3) is 0.485. The van der Waals surface area contributed by atoms with Crippen molar-refractivity contribution in [2.24, 2.45) is 11.8 Å². The van der Waals surface area contributed by atoms with Crippen LogP contribution in [0.5, 0.6) is 11.5 Å². The van der Waals surface area contributed by atoms with Gasteiger partial charge in [-0.05, 0) is 119 Å². The Morgan fingerprint density at radius 2 is 1.67 bits per heavy atom. The second-order valence-electron chi connectivity index (χ2n) is 10.2. The monoisotopic (exact) mass is 536 g/mol. The zero-order valence-corrected chi connectivity index (χ0v) is 23.7. The van der Waals surface area contributed by atoms with Crippen molar-refractivity contribution in [2.75, 3.05) is 26.4 Å². The Morgan fingerprint density at radius 1 is 0.974 bits per heavy atom. The number of allylic oxidation sites excluding steroid dienone is 4. The summed E-state index contributed by atoms with van der Waals surface area (Å²) >= 11 is 0. The zero-order chi connectivity index (χ0) is 27.8. The van der Waals surface area contributed by atoms with Gasteiger partial charge in [0.1, 0.15) is 17.3 Å².